The lowest BCUT2D eigenvalue weighted by Gasteiger charge is -2.11. The van der Waals surface area contributed by atoms with Crippen LogP contribution in [0, 0.1) is 0 Å². The second-order valence-corrected chi connectivity index (χ2v) is 4.91. The molecule has 0 bridgehead atoms. The molecule has 2 aromatic heterocycles. The third kappa shape index (κ3) is 2.36. The molecule has 1 aromatic carbocycles. The highest BCUT2D eigenvalue weighted by Crippen LogP contribution is 2.21. The van der Waals surface area contributed by atoms with Crippen LogP contribution in [0.2, 0.25) is 0 Å². The fourth-order valence-corrected chi connectivity index (χ4v) is 2.31. The van der Waals surface area contributed by atoms with Crippen molar-refractivity contribution in [1.29, 1.82) is 0 Å². The van der Waals surface area contributed by atoms with Crippen LogP contribution in [0.25, 0.3) is 11.0 Å². The Morgan fingerprint density at radius 2 is 2.00 bits per heavy atom. The molecular formula is C13H11BrN4O. The van der Waals surface area contributed by atoms with E-state index in [1.54, 1.807) is 10.9 Å². The maximum atomic E-state index is 10.2. The van der Waals surface area contributed by atoms with Crippen LogP contribution in [-0.2, 0) is 6.54 Å². The van der Waals surface area contributed by atoms with Crippen molar-refractivity contribution in [2.24, 2.45) is 0 Å². The molecule has 0 aliphatic heterocycles. The average molecular weight is 319 g/mol. The van der Waals surface area contributed by atoms with Crippen LogP contribution < -0.4 is 0 Å². The molecular weight excluding hydrogens is 308 g/mol. The van der Waals surface area contributed by atoms with E-state index in [0.29, 0.717) is 16.8 Å². The first-order valence-electron chi connectivity index (χ1n) is 5.81. The van der Waals surface area contributed by atoms with Gasteiger partial charge in [0.25, 0.3) is 0 Å². The normalized spacial score (nSPS) is 12.7. The van der Waals surface area contributed by atoms with Gasteiger partial charge < -0.3 is 5.11 Å². The molecule has 96 valence electrons. The van der Waals surface area contributed by atoms with Gasteiger partial charge in [0.05, 0.1) is 24.2 Å². The fraction of sp³-hybridized carbons (Fsp3) is 0.154. The molecule has 0 amide bonds. The molecule has 1 unspecified atom stereocenters. The minimum Gasteiger partial charge on any atom is -0.386 e. The van der Waals surface area contributed by atoms with Crippen molar-refractivity contribution in [1.82, 2.24) is 19.7 Å². The fourth-order valence-electron chi connectivity index (χ4n) is 1.94. The number of aliphatic hydroxyl groups is 1. The maximum absolute atomic E-state index is 10.2. The first-order chi connectivity index (χ1) is 9.25. The van der Waals surface area contributed by atoms with Gasteiger partial charge in [-0.25, -0.2) is 14.6 Å². The van der Waals surface area contributed by atoms with E-state index in [9.17, 15) is 5.11 Å². The molecule has 6 heteroatoms. The molecule has 0 spiro atoms. The molecule has 5 nitrogen and oxygen atoms in total. The van der Waals surface area contributed by atoms with E-state index in [1.165, 1.54) is 6.33 Å². The molecule has 3 aromatic rings. The van der Waals surface area contributed by atoms with E-state index in [2.05, 4.69) is 31.0 Å². The summed E-state index contributed by atoms with van der Waals surface area (Å²) in [7, 11) is 0. The lowest BCUT2D eigenvalue weighted by molar-refractivity contribution is 0.153. The standard InChI is InChI=1S/C13H11BrN4O/c14-12-10-6-17-18(13(10)16-8-15-12)7-11(19)9-4-2-1-3-5-9/h1-6,8,11,19H,7H2. The quantitative estimate of drug-likeness (QED) is 0.753. The number of aliphatic hydroxyl groups excluding tert-OH is 1. The Morgan fingerprint density at radius 1 is 1.21 bits per heavy atom. The van der Waals surface area contributed by atoms with Crippen LogP contribution in [0.5, 0.6) is 0 Å². The molecule has 0 aliphatic rings. The molecule has 2 heterocycles. The van der Waals surface area contributed by atoms with Crippen LogP contribution in [0.1, 0.15) is 11.7 Å². The molecule has 3 rings (SSSR count). The summed E-state index contributed by atoms with van der Waals surface area (Å²) >= 11 is 3.35. The minimum atomic E-state index is -0.613. The van der Waals surface area contributed by atoms with E-state index >= 15 is 0 Å². The van der Waals surface area contributed by atoms with Gasteiger partial charge in [0.2, 0.25) is 0 Å². The molecule has 0 radical (unpaired) electrons. The highest BCUT2D eigenvalue weighted by atomic mass is 79.9. The zero-order chi connectivity index (χ0) is 13.2. The third-order valence-electron chi connectivity index (χ3n) is 2.92. The number of nitrogens with zero attached hydrogens (tertiary/aromatic N) is 4. The summed E-state index contributed by atoms with van der Waals surface area (Å²) in [6.07, 6.45) is 2.55. The smallest absolute Gasteiger partial charge is 0.162 e. The van der Waals surface area contributed by atoms with Gasteiger partial charge in [0.1, 0.15) is 10.9 Å². The van der Waals surface area contributed by atoms with Crippen molar-refractivity contribution in [2.45, 2.75) is 12.6 Å². The predicted molar refractivity (Wildman–Crippen MR) is 74.4 cm³/mol. The van der Waals surface area contributed by atoms with E-state index < -0.39 is 6.10 Å². The first kappa shape index (κ1) is 12.3. The summed E-state index contributed by atoms with van der Waals surface area (Å²) in [6, 6.07) is 9.50. The van der Waals surface area contributed by atoms with Gasteiger partial charge in [-0.05, 0) is 21.5 Å². The van der Waals surface area contributed by atoms with E-state index in [4.69, 9.17) is 0 Å². The summed E-state index contributed by atoms with van der Waals surface area (Å²) in [5, 5.41) is 15.3. The molecule has 0 saturated carbocycles. The van der Waals surface area contributed by atoms with Crippen molar-refractivity contribution in [3.05, 3.63) is 53.0 Å². The monoisotopic (exact) mass is 318 g/mol. The Kier molecular flexibility index (Phi) is 3.27. The molecule has 1 N–H and O–H groups in total. The van der Waals surface area contributed by atoms with Crippen LogP contribution in [0.4, 0.5) is 0 Å². The van der Waals surface area contributed by atoms with Crippen molar-refractivity contribution in [3.8, 4) is 0 Å². The van der Waals surface area contributed by atoms with Crippen molar-refractivity contribution < 1.29 is 5.11 Å². The summed E-state index contributed by atoms with van der Waals surface area (Å²) in [6.45, 7) is 0.358. The van der Waals surface area contributed by atoms with Gasteiger partial charge in [-0.15, -0.1) is 0 Å². The van der Waals surface area contributed by atoms with Crippen LogP contribution in [-0.4, -0.2) is 24.9 Å². The highest BCUT2D eigenvalue weighted by Gasteiger charge is 2.13. The summed E-state index contributed by atoms with van der Waals surface area (Å²) in [4.78, 5) is 8.24. The molecule has 1 atom stereocenters. The van der Waals surface area contributed by atoms with E-state index in [0.717, 1.165) is 10.9 Å². The number of halogens is 1. The Labute approximate surface area is 118 Å². The van der Waals surface area contributed by atoms with Gasteiger partial charge in [0.15, 0.2) is 5.65 Å². The third-order valence-corrected chi connectivity index (χ3v) is 3.55. The lowest BCUT2D eigenvalue weighted by atomic mass is 10.1. The molecule has 0 saturated heterocycles. The van der Waals surface area contributed by atoms with Gasteiger partial charge in [0, 0.05) is 0 Å². The molecule has 0 aliphatic carbocycles. The topological polar surface area (TPSA) is 63.8 Å². The number of hydrogen-bond acceptors (Lipinski definition) is 4. The van der Waals surface area contributed by atoms with Crippen LogP contribution in [0.3, 0.4) is 0 Å². The Morgan fingerprint density at radius 3 is 2.79 bits per heavy atom. The second-order valence-electron chi connectivity index (χ2n) is 4.15. The van der Waals surface area contributed by atoms with Crippen LogP contribution >= 0.6 is 15.9 Å². The van der Waals surface area contributed by atoms with Crippen molar-refractivity contribution >= 4 is 27.0 Å². The van der Waals surface area contributed by atoms with E-state index in [1.807, 2.05) is 30.3 Å². The van der Waals surface area contributed by atoms with Gasteiger partial charge >= 0.3 is 0 Å². The van der Waals surface area contributed by atoms with Gasteiger partial charge in [-0.3, -0.25) is 0 Å². The zero-order valence-electron chi connectivity index (χ0n) is 9.94. The SMILES string of the molecule is OC(Cn1ncc2c(Br)ncnc21)c1ccccc1. The van der Waals surface area contributed by atoms with Gasteiger partial charge in [-0.2, -0.15) is 5.10 Å². The highest BCUT2D eigenvalue weighted by molar-refractivity contribution is 9.10. The largest absolute Gasteiger partial charge is 0.386 e. The van der Waals surface area contributed by atoms with E-state index in [-0.39, 0.29) is 0 Å². The predicted octanol–water partition coefficient (Wildman–Crippen LogP) is 2.32. The number of hydrogen-bond donors (Lipinski definition) is 1. The second kappa shape index (κ2) is 5.07. The number of benzene rings is 1. The Balaban J connectivity index is 1.92. The number of aromatic nitrogens is 4. The van der Waals surface area contributed by atoms with Crippen LogP contribution in [0.15, 0.2) is 47.5 Å². The van der Waals surface area contributed by atoms with Crippen molar-refractivity contribution in [3.63, 3.8) is 0 Å². The van der Waals surface area contributed by atoms with Gasteiger partial charge in [-0.1, -0.05) is 30.3 Å². The number of fused-ring (bicyclic) bond motifs is 1. The van der Waals surface area contributed by atoms with Crippen molar-refractivity contribution in [2.75, 3.05) is 0 Å². The zero-order valence-corrected chi connectivity index (χ0v) is 11.5. The summed E-state index contributed by atoms with van der Waals surface area (Å²) < 4.78 is 2.39. The average Bonchev–Trinajstić information content (AvgIpc) is 2.84. The Bertz CT molecular complexity index is 698. The molecule has 19 heavy (non-hydrogen) atoms. The minimum absolute atomic E-state index is 0.358. The summed E-state index contributed by atoms with van der Waals surface area (Å²) in [5.41, 5.74) is 1.57. The summed E-state index contributed by atoms with van der Waals surface area (Å²) in [5.74, 6) is 0. The lowest BCUT2D eigenvalue weighted by Crippen LogP contribution is -2.10. The molecule has 0 fully saturated rings. The Hall–Kier alpha value is -1.79. The number of rotatable bonds is 3. The first-order valence-corrected chi connectivity index (χ1v) is 6.60. The maximum Gasteiger partial charge on any atom is 0.162 e.